The lowest BCUT2D eigenvalue weighted by Crippen LogP contribution is -1.91. The molecule has 0 unspecified atom stereocenters. The fourth-order valence-electron chi connectivity index (χ4n) is 1.74. The van der Waals surface area contributed by atoms with Gasteiger partial charge in [-0.1, -0.05) is 0 Å². The van der Waals surface area contributed by atoms with Crippen molar-refractivity contribution in [2.75, 3.05) is 5.73 Å². The Kier molecular flexibility index (Phi) is 2.29. The minimum atomic E-state index is 0.588. The molecule has 0 aliphatic carbocycles. The number of nitrogen functional groups attached to an aromatic ring is 1. The van der Waals surface area contributed by atoms with E-state index in [0.29, 0.717) is 11.6 Å². The van der Waals surface area contributed by atoms with Crippen molar-refractivity contribution in [3.05, 3.63) is 34.7 Å². The van der Waals surface area contributed by atoms with Crippen molar-refractivity contribution in [2.45, 2.75) is 13.3 Å². The van der Waals surface area contributed by atoms with Gasteiger partial charge in [0, 0.05) is 18.0 Å². The van der Waals surface area contributed by atoms with Crippen LogP contribution in [-0.2, 0) is 6.42 Å². The molecule has 3 rings (SSSR count). The summed E-state index contributed by atoms with van der Waals surface area (Å²) >= 11 is 1.44. The van der Waals surface area contributed by atoms with Crippen LogP contribution in [0.3, 0.4) is 0 Å². The van der Waals surface area contributed by atoms with Crippen molar-refractivity contribution in [3.8, 4) is 0 Å². The van der Waals surface area contributed by atoms with Crippen LogP contribution in [0.5, 0.6) is 0 Å². The third-order valence-corrected chi connectivity index (χ3v) is 3.29. The summed E-state index contributed by atoms with van der Waals surface area (Å²) in [5.74, 6) is 0.868. The first-order valence-corrected chi connectivity index (χ1v) is 6.10. The average Bonchev–Trinajstić information content (AvgIpc) is 2.86. The number of imidazole rings is 1. The number of rotatable bonds is 2. The number of nitrogens with two attached hydrogens (primary N) is 1. The van der Waals surface area contributed by atoms with Crippen LogP contribution in [0.1, 0.15) is 17.1 Å². The summed E-state index contributed by atoms with van der Waals surface area (Å²) < 4.78 is 0. The van der Waals surface area contributed by atoms with Gasteiger partial charge >= 0.3 is 0 Å². The number of aromatic amines is 1. The predicted octanol–water partition coefficient (Wildman–Crippen LogP) is 1.90. The van der Waals surface area contributed by atoms with Crippen molar-refractivity contribution in [1.82, 2.24) is 19.9 Å². The van der Waals surface area contributed by atoms with Crippen LogP contribution in [0, 0.1) is 6.92 Å². The van der Waals surface area contributed by atoms with E-state index in [2.05, 4.69) is 19.9 Å². The summed E-state index contributed by atoms with van der Waals surface area (Å²) in [7, 11) is 0. The Morgan fingerprint density at radius 2 is 2.29 bits per heavy atom. The van der Waals surface area contributed by atoms with Crippen LogP contribution in [0.2, 0.25) is 0 Å². The second-order valence-corrected chi connectivity index (χ2v) is 4.75. The van der Waals surface area contributed by atoms with E-state index in [-0.39, 0.29) is 0 Å². The molecule has 0 aliphatic heterocycles. The van der Waals surface area contributed by atoms with Gasteiger partial charge in [-0.15, -0.1) is 11.3 Å². The molecule has 0 aromatic carbocycles. The monoisotopic (exact) mass is 245 g/mol. The Balaban J connectivity index is 1.98. The SMILES string of the molecule is Cc1ccnc2nc(Cc3csc(N)n3)[nH]c12. The Hall–Kier alpha value is -1.95. The highest BCUT2D eigenvalue weighted by Crippen LogP contribution is 2.17. The number of pyridine rings is 1. The predicted molar refractivity (Wildman–Crippen MR) is 68.0 cm³/mol. The molecule has 0 amide bonds. The van der Waals surface area contributed by atoms with Gasteiger partial charge in [0.25, 0.3) is 0 Å². The normalized spacial score (nSPS) is 11.1. The lowest BCUT2D eigenvalue weighted by atomic mass is 10.3. The van der Waals surface area contributed by atoms with Crippen molar-refractivity contribution in [1.29, 1.82) is 0 Å². The van der Waals surface area contributed by atoms with Gasteiger partial charge < -0.3 is 10.7 Å². The zero-order chi connectivity index (χ0) is 11.8. The quantitative estimate of drug-likeness (QED) is 0.722. The molecule has 0 saturated heterocycles. The van der Waals surface area contributed by atoms with E-state index in [1.54, 1.807) is 6.20 Å². The Morgan fingerprint density at radius 3 is 3.00 bits per heavy atom. The number of hydrogen-bond acceptors (Lipinski definition) is 5. The smallest absolute Gasteiger partial charge is 0.180 e. The average molecular weight is 245 g/mol. The molecular weight excluding hydrogens is 234 g/mol. The van der Waals surface area contributed by atoms with E-state index in [1.165, 1.54) is 11.3 Å². The summed E-state index contributed by atoms with van der Waals surface area (Å²) in [6.45, 7) is 2.03. The lowest BCUT2D eigenvalue weighted by molar-refractivity contribution is 0.999. The lowest BCUT2D eigenvalue weighted by Gasteiger charge is -1.91. The molecule has 6 heteroatoms. The molecule has 0 spiro atoms. The van der Waals surface area contributed by atoms with Gasteiger partial charge in [-0.25, -0.2) is 15.0 Å². The van der Waals surface area contributed by atoms with E-state index in [0.717, 1.165) is 28.2 Å². The summed E-state index contributed by atoms with van der Waals surface area (Å²) in [6, 6.07) is 1.96. The summed E-state index contributed by atoms with van der Waals surface area (Å²) in [5.41, 5.74) is 9.42. The number of hydrogen-bond donors (Lipinski definition) is 2. The molecule has 0 atom stereocenters. The molecule has 3 N–H and O–H groups in total. The summed E-state index contributed by atoms with van der Waals surface area (Å²) in [6.07, 6.45) is 2.42. The van der Waals surface area contributed by atoms with E-state index < -0.39 is 0 Å². The maximum atomic E-state index is 5.60. The topological polar surface area (TPSA) is 80.5 Å². The molecule has 0 radical (unpaired) electrons. The maximum Gasteiger partial charge on any atom is 0.180 e. The first kappa shape index (κ1) is 10.2. The van der Waals surface area contributed by atoms with E-state index in [9.17, 15) is 0 Å². The highest BCUT2D eigenvalue weighted by Gasteiger charge is 2.08. The molecule has 0 fully saturated rings. The van der Waals surface area contributed by atoms with Gasteiger partial charge in [-0.05, 0) is 18.6 Å². The van der Waals surface area contributed by atoms with Gasteiger partial charge in [0.2, 0.25) is 0 Å². The number of nitrogens with one attached hydrogen (secondary N) is 1. The van der Waals surface area contributed by atoms with Gasteiger partial charge in [0.15, 0.2) is 10.8 Å². The Bertz CT molecular complexity index is 669. The van der Waals surface area contributed by atoms with Crippen LogP contribution in [0.15, 0.2) is 17.6 Å². The number of anilines is 1. The molecule has 86 valence electrons. The molecule has 0 aliphatic rings. The molecule has 5 nitrogen and oxygen atoms in total. The van der Waals surface area contributed by atoms with E-state index in [1.807, 2.05) is 18.4 Å². The Labute approximate surface area is 102 Å². The molecule has 0 bridgehead atoms. The number of aromatic nitrogens is 4. The number of fused-ring (bicyclic) bond motifs is 1. The van der Waals surface area contributed by atoms with Crippen LogP contribution in [-0.4, -0.2) is 19.9 Å². The van der Waals surface area contributed by atoms with Crippen molar-refractivity contribution < 1.29 is 0 Å². The second kappa shape index (κ2) is 3.81. The third-order valence-electron chi connectivity index (χ3n) is 2.57. The highest BCUT2D eigenvalue weighted by atomic mass is 32.1. The zero-order valence-electron chi connectivity index (χ0n) is 9.27. The van der Waals surface area contributed by atoms with Gasteiger partial charge in [0.1, 0.15) is 5.82 Å². The third kappa shape index (κ3) is 1.87. The van der Waals surface area contributed by atoms with Crippen molar-refractivity contribution >= 4 is 27.6 Å². The highest BCUT2D eigenvalue weighted by molar-refractivity contribution is 7.13. The van der Waals surface area contributed by atoms with Crippen LogP contribution in [0.25, 0.3) is 11.2 Å². The standard InChI is InChI=1S/C11H11N5S/c1-6-2-3-13-10-9(6)15-8(16-10)4-7-5-17-11(12)14-7/h2-3,5H,4H2,1H3,(H2,12,14)(H,13,15,16). The second-order valence-electron chi connectivity index (χ2n) is 3.86. The van der Waals surface area contributed by atoms with E-state index in [4.69, 9.17) is 5.73 Å². The molecule has 0 saturated carbocycles. The van der Waals surface area contributed by atoms with Crippen LogP contribution in [0.4, 0.5) is 5.13 Å². The summed E-state index contributed by atoms with van der Waals surface area (Å²) in [4.78, 5) is 16.1. The molecular formula is C11H11N5S. The number of H-pyrrole nitrogens is 1. The van der Waals surface area contributed by atoms with Gasteiger partial charge in [0.05, 0.1) is 11.2 Å². The van der Waals surface area contributed by atoms with Crippen molar-refractivity contribution in [3.63, 3.8) is 0 Å². The maximum absolute atomic E-state index is 5.60. The van der Waals surface area contributed by atoms with E-state index >= 15 is 0 Å². The molecule has 3 aromatic rings. The van der Waals surface area contributed by atoms with Crippen molar-refractivity contribution in [2.24, 2.45) is 0 Å². The van der Waals surface area contributed by atoms with Gasteiger partial charge in [-0.3, -0.25) is 0 Å². The molecule has 3 aromatic heterocycles. The number of aryl methyl sites for hydroxylation is 1. The molecule has 17 heavy (non-hydrogen) atoms. The number of thiazole rings is 1. The largest absolute Gasteiger partial charge is 0.375 e. The number of nitrogens with zero attached hydrogens (tertiary/aromatic N) is 3. The first-order valence-electron chi connectivity index (χ1n) is 5.22. The minimum absolute atomic E-state index is 0.588. The fourth-order valence-corrected chi connectivity index (χ4v) is 2.31. The minimum Gasteiger partial charge on any atom is -0.375 e. The van der Waals surface area contributed by atoms with Crippen LogP contribution < -0.4 is 5.73 Å². The molecule has 3 heterocycles. The summed E-state index contributed by atoms with van der Waals surface area (Å²) in [5, 5.41) is 2.54. The fraction of sp³-hybridized carbons (Fsp3) is 0.182. The zero-order valence-corrected chi connectivity index (χ0v) is 10.1. The first-order chi connectivity index (χ1) is 8.22. The van der Waals surface area contributed by atoms with Crippen LogP contribution >= 0.6 is 11.3 Å². The van der Waals surface area contributed by atoms with Gasteiger partial charge in [-0.2, -0.15) is 0 Å². The Morgan fingerprint density at radius 1 is 1.41 bits per heavy atom.